The van der Waals surface area contributed by atoms with Gasteiger partial charge in [0.2, 0.25) is 0 Å². The summed E-state index contributed by atoms with van der Waals surface area (Å²) in [5, 5.41) is 0.669. The normalized spacial score (nSPS) is 23.5. The van der Waals surface area contributed by atoms with Crippen LogP contribution in [0.25, 0.3) is 0 Å². The van der Waals surface area contributed by atoms with E-state index in [1.165, 1.54) is 4.90 Å². The Morgan fingerprint density at radius 1 is 1.30 bits per heavy atom. The molecule has 1 aromatic carbocycles. The molecule has 1 aliphatic rings. The summed E-state index contributed by atoms with van der Waals surface area (Å²) in [5.41, 5.74) is -0.657. The lowest BCUT2D eigenvalue weighted by atomic mass is 9.92. The van der Waals surface area contributed by atoms with Crippen molar-refractivity contribution < 1.29 is 19.2 Å². The van der Waals surface area contributed by atoms with Crippen molar-refractivity contribution in [3.63, 3.8) is 0 Å². The van der Waals surface area contributed by atoms with Crippen molar-refractivity contribution in [2.24, 2.45) is 0 Å². The fourth-order valence-electron chi connectivity index (χ4n) is 2.47. The highest BCUT2D eigenvalue weighted by Gasteiger charge is 2.37. The molecule has 1 aliphatic heterocycles. The molecule has 1 fully saturated rings. The average Bonchev–Trinajstić information content (AvgIpc) is 2.56. The van der Waals surface area contributed by atoms with Gasteiger partial charge in [0.05, 0.1) is 20.1 Å². The second kappa shape index (κ2) is 8.24. The van der Waals surface area contributed by atoms with Crippen LogP contribution in [0.2, 0.25) is 5.02 Å². The number of piperidine rings is 1. The Kier molecular flexibility index (Phi) is 6.32. The van der Waals surface area contributed by atoms with Crippen molar-refractivity contribution in [2.45, 2.75) is 31.8 Å². The van der Waals surface area contributed by atoms with E-state index >= 15 is 0 Å². The predicted octanol–water partition coefficient (Wildman–Crippen LogP) is 1.72. The van der Waals surface area contributed by atoms with E-state index in [0.29, 0.717) is 11.4 Å². The van der Waals surface area contributed by atoms with Gasteiger partial charge in [0.1, 0.15) is 12.4 Å². The summed E-state index contributed by atoms with van der Waals surface area (Å²) in [6.45, 7) is 3.95. The third kappa shape index (κ3) is 5.46. The molecule has 0 spiro atoms. The number of nitrogens with one attached hydrogen (secondary N) is 1. The Hall–Kier alpha value is -1.70. The highest BCUT2D eigenvalue weighted by Crippen LogP contribution is 2.22. The predicted molar refractivity (Wildman–Crippen MR) is 89.7 cm³/mol. The number of quaternary nitrogens is 1. The van der Waals surface area contributed by atoms with Gasteiger partial charge in [-0.15, -0.1) is 0 Å². The minimum Gasteiger partial charge on any atom is -0.481 e. The van der Waals surface area contributed by atoms with Crippen molar-refractivity contribution in [3.05, 3.63) is 29.3 Å². The molecule has 5 heteroatoms. The number of rotatable bonds is 4. The standard InChI is InChI=1S/C18H22ClNO3/c1-3-17(21)23-18(10-12-20(2)13-11-18)9-4-14-22-16-7-5-15(19)6-8-16/h5-8H,3,10-14H2,1-2H3/p+1. The number of ether oxygens (including phenoxy) is 2. The molecule has 2 rings (SSSR count). The van der Waals surface area contributed by atoms with Crippen molar-refractivity contribution in [1.82, 2.24) is 0 Å². The topological polar surface area (TPSA) is 40.0 Å². The van der Waals surface area contributed by atoms with Crippen LogP contribution in [0.15, 0.2) is 24.3 Å². The van der Waals surface area contributed by atoms with Gasteiger partial charge in [0.25, 0.3) is 0 Å². The number of carbonyl (C=O) groups excluding carboxylic acids is 1. The first-order chi connectivity index (χ1) is 11.0. The minimum atomic E-state index is -0.657. The maximum absolute atomic E-state index is 11.7. The zero-order chi connectivity index (χ0) is 16.7. The summed E-state index contributed by atoms with van der Waals surface area (Å²) in [6, 6.07) is 7.15. The van der Waals surface area contributed by atoms with Crippen LogP contribution in [-0.2, 0) is 9.53 Å². The molecule has 0 radical (unpaired) electrons. The molecule has 1 aromatic rings. The summed E-state index contributed by atoms with van der Waals surface area (Å²) >= 11 is 5.83. The fraction of sp³-hybridized carbons (Fsp3) is 0.500. The number of hydrogen-bond donors (Lipinski definition) is 1. The number of hydrogen-bond acceptors (Lipinski definition) is 3. The van der Waals surface area contributed by atoms with Gasteiger partial charge in [-0.05, 0) is 24.3 Å². The van der Waals surface area contributed by atoms with E-state index in [1.807, 2.05) is 0 Å². The Bertz CT molecular complexity index is 581. The zero-order valence-electron chi connectivity index (χ0n) is 13.7. The van der Waals surface area contributed by atoms with E-state index < -0.39 is 5.60 Å². The molecule has 0 aromatic heterocycles. The van der Waals surface area contributed by atoms with Crippen LogP contribution in [0, 0.1) is 11.8 Å². The molecule has 0 aliphatic carbocycles. The minimum absolute atomic E-state index is 0.197. The third-order valence-corrected chi connectivity index (χ3v) is 4.20. The van der Waals surface area contributed by atoms with E-state index in [-0.39, 0.29) is 12.6 Å². The highest BCUT2D eigenvalue weighted by atomic mass is 35.5. The van der Waals surface area contributed by atoms with Crippen LogP contribution in [-0.4, -0.2) is 38.3 Å². The monoisotopic (exact) mass is 336 g/mol. The van der Waals surface area contributed by atoms with E-state index in [2.05, 4.69) is 18.9 Å². The third-order valence-electron chi connectivity index (χ3n) is 3.95. The van der Waals surface area contributed by atoms with Gasteiger partial charge < -0.3 is 14.4 Å². The first kappa shape index (κ1) is 17.7. The molecule has 0 saturated carbocycles. The Balaban J connectivity index is 1.97. The van der Waals surface area contributed by atoms with Gasteiger partial charge in [-0.25, -0.2) is 0 Å². The number of likely N-dealkylation sites (tertiary alicyclic amines) is 1. The Morgan fingerprint density at radius 3 is 2.57 bits per heavy atom. The molecule has 0 unspecified atom stereocenters. The number of halogens is 1. The maximum Gasteiger partial charge on any atom is 0.307 e. The number of esters is 1. The zero-order valence-corrected chi connectivity index (χ0v) is 14.4. The summed E-state index contributed by atoms with van der Waals surface area (Å²) in [6.07, 6.45) is 1.89. The fourth-order valence-corrected chi connectivity index (χ4v) is 2.60. The lowest BCUT2D eigenvalue weighted by Crippen LogP contribution is -3.10. The van der Waals surface area contributed by atoms with Crippen molar-refractivity contribution in [2.75, 3.05) is 26.7 Å². The SMILES string of the molecule is CCC(=O)OC1(C#CCOc2ccc(Cl)cc2)CC[NH+](C)CC1. The summed E-state index contributed by atoms with van der Waals surface area (Å²) < 4.78 is 11.2. The van der Waals surface area contributed by atoms with Crippen LogP contribution in [0.5, 0.6) is 5.75 Å². The second-order valence-electron chi connectivity index (χ2n) is 5.82. The van der Waals surface area contributed by atoms with Crippen molar-refractivity contribution >= 4 is 17.6 Å². The van der Waals surface area contributed by atoms with Crippen LogP contribution < -0.4 is 9.64 Å². The largest absolute Gasteiger partial charge is 0.481 e. The molecule has 4 nitrogen and oxygen atoms in total. The number of carbonyl (C=O) groups is 1. The molecule has 23 heavy (non-hydrogen) atoms. The molecule has 0 bridgehead atoms. The van der Waals surface area contributed by atoms with E-state index in [4.69, 9.17) is 21.1 Å². The van der Waals surface area contributed by atoms with Gasteiger partial charge in [0, 0.05) is 24.3 Å². The van der Waals surface area contributed by atoms with Crippen LogP contribution >= 0.6 is 11.6 Å². The van der Waals surface area contributed by atoms with Crippen LogP contribution in [0.4, 0.5) is 0 Å². The molecule has 1 N–H and O–H groups in total. The molecule has 0 atom stereocenters. The average molecular weight is 337 g/mol. The van der Waals surface area contributed by atoms with E-state index in [1.54, 1.807) is 31.2 Å². The molecule has 0 amide bonds. The van der Waals surface area contributed by atoms with E-state index in [9.17, 15) is 4.79 Å². The highest BCUT2D eigenvalue weighted by molar-refractivity contribution is 6.30. The van der Waals surface area contributed by atoms with Gasteiger partial charge in [0.15, 0.2) is 5.60 Å². The molecule has 124 valence electrons. The summed E-state index contributed by atoms with van der Waals surface area (Å²) in [5.74, 6) is 6.68. The van der Waals surface area contributed by atoms with Gasteiger partial charge in [-0.1, -0.05) is 30.4 Å². The van der Waals surface area contributed by atoms with Gasteiger partial charge in [-0.2, -0.15) is 0 Å². The lowest BCUT2D eigenvalue weighted by molar-refractivity contribution is -0.886. The summed E-state index contributed by atoms with van der Waals surface area (Å²) in [4.78, 5) is 13.1. The Morgan fingerprint density at radius 2 is 1.96 bits per heavy atom. The second-order valence-corrected chi connectivity index (χ2v) is 6.26. The van der Waals surface area contributed by atoms with Gasteiger partial charge in [-0.3, -0.25) is 4.79 Å². The Labute approximate surface area is 142 Å². The summed E-state index contributed by atoms with van der Waals surface area (Å²) in [7, 11) is 2.14. The first-order valence-electron chi connectivity index (χ1n) is 7.94. The molecular formula is C18H23ClNO3+. The van der Waals surface area contributed by atoms with Crippen molar-refractivity contribution in [3.8, 4) is 17.6 Å². The van der Waals surface area contributed by atoms with Gasteiger partial charge >= 0.3 is 5.97 Å². The lowest BCUT2D eigenvalue weighted by Gasteiger charge is -2.34. The first-order valence-corrected chi connectivity index (χ1v) is 8.32. The quantitative estimate of drug-likeness (QED) is 0.672. The van der Waals surface area contributed by atoms with Crippen LogP contribution in [0.1, 0.15) is 26.2 Å². The van der Waals surface area contributed by atoms with Crippen molar-refractivity contribution in [1.29, 1.82) is 0 Å². The number of benzene rings is 1. The molecule has 1 heterocycles. The van der Waals surface area contributed by atoms with E-state index in [0.717, 1.165) is 31.7 Å². The smallest absolute Gasteiger partial charge is 0.307 e. The maximum atomic E-state index is 11.7. The molecular weight excluding hydrogens is 314 g/mol. The molecule has 1 saturated heterocycles. The van der Waals surface area contributed by atoms with Crippen LogP contribution in [0.3, 0.4) is 0 Å².